The molecule has 0 fully saturated rings. The molecule has 0 bridgehead atoms. The smallest absolute Gasteiger partial charge is 0.259 e. The Kier molecular flexibility index (Phi) is 4.89. The number of hydrogen-bond donors (Lipinski definition) is 2. The van der Waals surface area contributed by atoms with Crippen LogP contribution >= 0.6 is 0 Å². The van der Waals surface area contributed by atoms with Crippen molar-refractivity contribution in [3.8, 4) is 17.0 Å². The molecule has 0 saturated heterocycles. The Morgan fingerprint density at radius 1 is 1.19 bits per heavy atom. The number of carbonyl (C=O) groups excluding carboxylic acids is 2. The molecule has 2 aromatic carbocycles. The lowest BCUT2D eigenvalue weighted by Gasteiger charge is -2.09. The maximum absolute atomic E-state index is 13.6. The number of nitrogens with one attached hydrogen (secondary N) is 1. The van der Waals surface area contributed by atoms with Crippen LogP contribution in [-0.2, 0) is 7.05 Å². The van der Waals surface area contributed by atoms with Crippen molar-refractivity contribution in [1.82, 2.24) is 9.78 Å². The van der Waals surface area contributed by atoms with Crippen molar-refractivity contribution in [2.24, 2.45) is 12.8 Å². The molecular weight excluding hydrogens is 351 g/mol. The van der Waals surface area contributed by atoms with Gasteiger partial charge in [0.05, 0.1) is 18.2 Å². The summed E-state index contributed by atoms with van der Waals surface area (Å²) in [7, 11) is 3.23. The van der Waals surface area contributed by atoms with Crippen molar-refractivity contribution in [3.05, 3.63) is 65.6 Å². The van der Waals surface area contributed by atoms with Crippen molar-refractivity contribution in [2.45, 2.75) is 0 Å². The van der Waals surface area contributed by atoms with Crippen LogP contribution in [0, 0.1) is 5.82 Å². The molecule has 0 spiro atoms. The minimum Gasteiger partial charge on any atom is -0.496 e. The number of amides is 2. The summed E-state index contributed by atoms with van der Waals surface area (Å²) >= 11 is 0. The van der Waals surface area contributed by atoms with Crippen LogP contribution in [0.1, 0.15) is 20.7 Å². The van der Waals surface area contributed by atoms with Crippen LogP contribution in [0.25, 0.3) is 11.3 Å². The molecule has 0 saturated carbocycles. The third-order valence-electron chi connectivity index (χ3n) is 3.93. The number of nitrogens with two attached hydrogens (primary N) is 1. The van der Waals surface area contributed by atoms with Gasteiger partial charge in [-0.1, -0.05) is 12.1 Å². The summed E-state index contributed by atoms with van der Waals surface area (Å²) in [6.45, 7) is 0. The van der Waals surface area contributed by atoms with Gasteiger partial charge in [0.25, 0.3) is 11.8 Å². The van der Waals surface area contributed by atoms with E-state index < -0.39 is 17.6 Å². The number of anilines is 1. The first-order chi connectivity index (χ1) is 12.9. The highest BCUT2D eigenvalue weighted by Gasteiger charge is 2.20. The predicted octanol–water partition coefficient (Wildman–Crippen LogP) is 2.59. The third kappa shape index (κ3) is 3.64. The fourth-order valence-electron chi connectivity index (χ4n) is 2.68. The summed E-state index contributed by atoms with van der Waals surface area (Å²) in [6.07, 6.45) is 1.57. The number of aromatic nitrogens is 2. The van der Waals surface area contributed by atoms with E-state index in [0.29, 0.717) is 22.6 Å². The number of benzene rings is 2. The van der Waals surface area contributed by atoms with E-state index in [1.54, 1.807) is 25.4 Å². The van der Waals surface area contributed by atoms with E-state index in [1.807, 2.05) is 12.1 Å². The van der Waals surface area contributed by atoms with Crippen LogP contribution in [-0.4, -0.2) is 28.7 Å². The zero-order valence-corrected chi connectivity index (χ0v) is 14.7. The molecule has 7 nitrogen and oxygen atoms in total. The molecule has 3 N–H and O–H groups in total. The number of halogens is 1. The minimum atomic E-state index is -0.917. The molecule has 0 atom stereocenters. The number of rotatable bonds is 5. The Morgan fingerprint density at radius 3 is 2.63 bits per heavy atom. The van der Waals surface area contributed by atoms with E-state index >= 15 is 0 Å². The minimum absolute atomic E-state index is 0.241. The van der Waals surface area contributed by atoms with Gasteiger partial charge in [-0.3, -0.25) is 14.3 Å². The summed E-state index contributed by atoms with van der Waals surface area (Å²) in [6, 6.07) is 10.8. The maximum atomic E-state index is 13.6. The zero-order chi connectivity index (χ0) is 19.6. The number of ether oxygens (including phenoxy) is 1. The molecule has 8 heteroatoms. The summed E-state index contributed by atoms with van der Waals surface area (Å²) in [5.74, 6) is -1.56. The zero-order valence-electron chi connectivity index (χ0n) is 14.7. The van der Waals surface area contributed by atoms with Gasteiger partial charge < -0.3 is 15.8 Å². The Hall–Kier alpha value is -3.68. The normalized spacial score (nSPS) is 10.5. The lowest BCUT2D eigenvalue weighted by atomic mass is 10.1. The van der Waals surface area contributed by atoms with E-state index in [-0.39, 0.29) is 11.3 Å². The molecule has 3 rings (SSSR count). The average molecular weight is 368 g/mol. The highest BCUT2D eigenvalue weighted by Crippen LogP contribution is 2.31. The fourth-order valence-corrected chi connectivity index (χ4v) is 2.68. The molecular formula is C19H17FN4O3. The largest absolute Gasteiger partial charge is 0.496 e. The summed E-state index contributed by atoms with van der Waals surface area (Å²) in [5, 5.41) is 6.99. The molecule has 27 heavy (non-hydrogen) atoms. The molecule has 0 radical (unpaired) electrons. The predicted molar refractivity (Wildman–Crippen MR) is 98.1 cm³/mol. The van der Waals surface area contributed by atoms with E-state index in [1.165, 1.54) is 23.9 Å². The Bertz CT molecular complexity index is 1030. The highest BCUT2D eigenvalue weighted by molar-refractivity contribution is 6.08. The van der Waals surface area contributed by atoms with Crippen LogP contribution in [0.4, 0.5) is 10.1 Å². The highest BCUT2D eigenvalue weighted by atomic mass is 19.1. The Labute approximate surface area is 154 Å². The molecule has 3 aromatic rings. The van der Waals surface area contributed by atoms with E-state index in [4.69, 9.17) is 10.5 Å². The van der Waals surface area contributed by atoms with E-state index in [9.17, 15) is 14.0 Å². The van der Waals surface area contributed by atoms with E-state index in [2.05, 4.69) is 10.4 Å². The van der Waals surface area contributed by atoms with Crippen molar-refractivity contribution in [2.75, 3.05) is 12.4 Å². The van der Waals surface area contributed by atoms with Crippen LogP contribution in [0.2, 0.25) is 0 Å². The van der Waals surface area contributed by atoms with Crippen LogP contribution in [0.15, 0.2) is 48.7 Å². The second-order valence-corrected chi connectivity index (χ2v) is 5.78. The number of hydrogen-bond acceptors (Lipinski definition) is 4. The number of nitrogens with zero attached hydrogens (tertiary/aromatic N) is 2. The van der Waals surface area contributed by atoms with Gasteiger partial charge in [0.2, 0.25) is 0 Å². The van der Waals surface area contributed by atoms with Gasteiger partial charge in [-0.05, 0) is 30.3 Å². The van der Waals surface area contributed by atoms with Crippen molar-refractivity contribution in [3.63, 3.8) is 0 Å². The fraction of sp³-hybridized carbons (Fsp3) is 0.105. The molecule has 0 aliphatic rings. The number of para-hydroxylation sites is 1. The van der Waals surface area contributed by atoms with Gasteiger partial charge in [0.1, 0.15) is 17.3 Å². The molecule has 1 aromatic heterocycles. The second-order valence-electron chi connectivity index (χ2n) is 5.78. The van der Waals surface area contributed by atoms with Gasteiger partial charge in [0.15, 0.2) is 0 Å². The number of primary amides is 1. The summed E-state index contributed by atoms with van der Waals surface area (Å²) in [5.41, 5.74) is 6.47. The van der Waals surface area contributed by atoms with Gasteiger partial charge in [-0.2, -0.15) is 5.10 Å². The first-order valence-electron chi connectivity index (χ1n) is 7.98. The van der Waals surface area contributed by atoms with Crippen molar-refractivity contribution in [1.29, 1.82) is 0 Å². The van der Waals surface area contributed by atoms with Gasteiger partial charge in [-0.15, -0.1) is 0 Å². The topological polar surface area (TPSA) is 99.2 Å². The third-order valence-corrected chi connectivity index (χ3v) is 3.93. The molecule has 1 heterocycles. The number of aryl methyl sites for hydroxylation is 1. The van der Waals surface area contributed by atoms with Crippen LogP contribution in [0.5, 0.6) is 5.75 Å². The summed E-state index contributed by atoms with van der Waals surface area (Å²) in [4.78, 5) is 24.1. The van der Waals surface area contributed by atoms with E-state index in [0.717, 1.165) is 6.07 Å². The lowest BCUT2D eigenvalue weighted by molar-refractivity contribution is 0.0992. The molecule has 138 valence electrons. The van der Waals surface area contributed by atoms with Crippen molar-refractivity contribution >= 4 is 17.5 Å². The van der Waals surface area contributed by atoms with Crippen LogP contribution in [0.3, 0.4) is 0 Å². The first-order valence-corrected chi connectivity index (χ1v) is 7.98. The SMILES string of the molecule is COc1ccccc1-c1nn(C)cc1C(=O)Nc1ccc(F)c(C(N)=O)c1. The molecule has 0 aliphatic heterocycles. The average Bonchev–Trinajstić information content (AvgIpc) is 3.04. The lowest BCUT2D eigenvalue weighted by Crippen LogP contribution is -2.16. The second kappa shape index (κ2) is 7.28. The number of methoxy groups -OCH3 is 1. The van der Waals surface area contributed by atoms with Crippen molar-refractivity contribution < 1.29 is 18.7 Å². The molecule has 0 aliphatic carbocycles. The van der Waals surface area contributed by atoms with Gasteiger partial charge in [-0.25, -0.2) is 4.39 Å². The Balaban J connectivity index is 1.97. The number of carbonyl (C=O) groups is 2. The van der Waals surface area contributed by atoms with Gasteiger partial charge in [0, 0.05) is 24.5 Å². The molecule has 2 amide bonds. The quantitative estimate of drug-likeness (QED) is 0.723. The monoisotopic (exact) mass is 368 g/mol. The van der Waals surface area contributed by atoms with Gasteiger partial charge >= 0.3 is 0 Å². The Morgan fingerprint density at radius 2 is 1.93 bits per heavy atom. The maximum Gasteiger partial charge on any atom is 0.259 e. The van der Waals surface area contributed by atoms with Crippen LogP contribution < -0.4 is 15.8 Å². The summed E-state index contributed by atoms with van der Waals surface area (Å²) < 4.78 is 20.5. The molecule has 0 unspecified atom stereocenters. The standard InChI is InChI=1S/C19H17FN4O3/c1-24-10-14(17(23-24)12-5-3-4-6-16(12)27-2)19(26)22-11-7-8-15(20)13(9-11)18(21)25/h3-10H,1-2H3,(H2,21,25)(H,22,26). The first kappa shape index (κ1) is 18.1.